The maximum atomic E-state index is 11.1. The fourth-order valence-corrected chi connectivity index (χ4v) is 2.59. The molecule has 0 saturated heterocycles. The van der Waals surface area contributed by atoms with Gasteiger partial charge in [-0.05, 0) is 61.0 Å². The van der Waals surface area contributed by atoms with Crippen LogP contribution >= 0.6 is 11.6 Å². The molecule has 6 nitrogen and oxygen atoms in total. The third-order valence-corrected chi connectivity index (χ3v) is 3.80. The number of hydrogen-bond donors (Lipinski definition) is 3. The fourth-order valence-electron chi connectivity index (χ4n) is 2.36. The number of anilines is 5. The molecule has 0 unspecified atom stereocenters. The van der Waals surface area contributed by atoms with Gasteiger partial charge >= 0.3 is 0 Å². The molecule has 3 rings (SSSR count). The summed E-state index contributed by atoms with van der Waals surface area (Å²) in [6, 6.07) is 14.7. The molecule has 0 aliphatic rings. The van der Waals surface area contributed by atoms with E-state index in [1.807, 2.05) is 49.4 Å². The predicted molar refractivity (Wildman–Crippen MR) is 106 cm³/mol. The molecule has 3 aromatic rings. The van der Waals surface area contributed by atoms with E-state index in [-0.39, 0.29) is 5.91 Å². The van der Waals surface area contributed by atoms with E-state index in [1.54, 1.807) is 12.3 Å². The molecule has 0 saturated carbocycles. The summed E-state index contributed by atoms with van der Waals surface area (Å²) >= 11 is 5.99. The standard InChI is InChI=1S/C19H18ClN5O/c1-12-11-14(20)3-8-17(12)24-18-9-10-21-19(25-18)23-16-6-4-15(5-7-16)22-13(2)26/h3-11H,1-2H3,(H,22,26)(H2,21,23,24,25). The van der Waals surface area contributed by atoms with Gasteiger partial charge < -0.3 is 16.0 Å². The number of aromatic nitrogens is 2. The van der Waals surface area contributed by atoms with E-state index in [0.717, 1.165) is 22.6 Å². The number of nitrogens with one attached hydrogen (secondary N) is 3. The highest BCUT2D eigenvalue weighted by molar-refractivity contribution is 6.30. The average Bonchev–Trinajstić information content (AvgIpc) is 2.59. The minimum Gasteiger partial charge on any atom is -0.340 e. The first-order valence-electron chi connectivity index (χ1n) is 8.00. The zero-order valence-corrected chi connectivity index (χ0v) is 15.1. The summed E-state index contributed by atoms with van der Waals surface area (Å²) in [5.41, 5.74) is 3.51. The zero-order chi connectivity index (χ0) is 18.5. The van der Waals surface area contributed by atoms with Crippen molar-refractivity contribution in [3.05, 3.63) is 65.3 Å². The summed E-state index contributed by atoms with van der Waals surface area (Å²) in [4.78, 5) is 19.8. The van der Waals surface area contributed by atoms with Crippen molar-refractivity contribution in [3.63, 3.8) is 0 Å². The number of rotatable bonds is 5. The number of aryl methyl sites for hydroxylation is 1. The molecular weight excluding hydrogens is 350 g/mol. The maximum absolute atomic E-state index is 11.1. The number of halogens is 1. The lowest BCUT2D eigenvalue weighted by molar-refractivity contribution is -0.114. The first-order chi connectivity index (χ1) is 12.5. The summed E-state index contributed by atoms with van der Waals surface area (Å²) in [6.07, 6.45) is 1.68. The van der Waals surface area contributed by atoms with Crippen LogP contribution in [-0.4, -0.2) is 15.9 Å². The van der Waals surface area contributed by atoms with Crippen molar-refractivity contribution in [1.82, 2.24) is 9.97 Å². The molecule has 0 radical (unpaired) electrons. The van der Waals surface area contributed by atoms with Crippen molar-refractivity contribution < 1.29 is 4.79 Å². The Hall–Kier alpha value is -3.12. The Balaban J connectivity index is 1.72. The minimum atomic E-state index is -0.106. The van der Waals surface area contributed by atoms with Gasteiger partial charge in [-0.2, -0.15) is 4.98 Å². The molecule has 0 aliphatic carbocycles. The van der Waals surface area contributed by atoms with Gasteiger partial charge in [0, 0.05) is 35.2 Å². The van der Waals surface area contributed by atoms with Crippen molar-refractivity contribution in [1.29, 1.82) is 0 Å². The quantitative estimate of drug-likeness (QED) is 0.598. The van der Waals surface area contributed by atoms with E-state index in [0.29, 0.717) is 16.8 Å². The van der Waals surface area contributed by atoms with Crippen LogP contribution in [0.25, 0.3) is 0 Å². The van der Waals surface area contributed by atoms with Crippen LogP contribution in [0.5, 0.6) is 0 Å². The first-order valence-corrected chi connectivity index (χ1v) is 8.38. The Morgan fingerprint density at radius 3 is 2.42 bits per heavy atom. The molecule has 2 aromatic carbocycles. The molecule has 7 heteroatoms. The van der Waals surface area contributed by atoms with Crippen LogP contribution in [0, 0.1) is 6.92 Å². The first kappa shape index (κ1) is 17.7. The monoisotopic (exact) mass is 367 g/mol. The highest BCUT2D eigenvalue weighted by atomic mass is 35.5. The van der Waals surface area contributed by atoms with Crippen LogP contribution in [0.3, 0.4) is 0 Å². The van der Waals surface area contributed by atoms with Crippen LogP contribution < -0.4 is 16.0 Å². The molecule has 1 heterocycles. The van der Waals surface area contributed by atoms with E-state index in [9.17, 15) is 4.79 Å². The summed E-state index contributed by atoms with van der Waals surface area (Å²) < 4.78 is 0. The summed E-state index contributed by atoms with van der Waals surface area (Å²) in [7, 11) is 0. The lowest BCUT2D eigenvalue weighted by Crippen LogP contribution is -2.05. The minimum absolute atomic E-state index is 0.106. The molecule has 26 heavy (non-hydrogen) atoms. The van der Waals surface area contributed by atoms with E-state index in [2.05, 4.69) is 25.9 Å². The van der Waals surface area contributed by atoms with Gasteiger partial charge in [0.25, 0.3) is 0 Å². The normalized spacial score (nSPS) is 10.3. The van der Waals surface area contributed by atoms with Gasteiger partial charge in [-0.25, -0.2) is 4.98 Å². The fraction of sp³-hybridized carbons (Fsp3) is 0.105. The molecule has 0 bridgehead atoms. The number of carbonyl (C=O) groups excluding carboxylic acids is 1. The molecule has 132 valence electrons. The lowest BCUT2D eigenvalue weighted by Gasteiger charge is -2.11. The van der Waals surface area contributed by atoms with Crippen molar-refractivity contribution in [2.75, 3.05) is 16.0 Å². The van der Waals surface area contributed by atoms with Crippen molar-refractivity contribution in [2.45, 2.75) is 13.8 Å². The van der Waals surface area contributed by atoms with Crippen LogP contribution in [0.4, 0.5) is 28.8 Å². The van der Waals surface area contributed by atoms with E-state index >= 15 is 0 Å². The molecule has 0 fully saturated rings. The summed E-state index contributed by atoms with van der Waals surface area (Å²) in [5.74, 6) is 1.03. The van der Waals surface area contributed by atoms with Gasteiger partial charge in [-0.1, -0.05) is 11.6 Å². The Morgan fingerprint density at radius 2 is 1.73 bits per heavy atom. The largest absolute Gasteiger partial charge is 0.340 e. The molecule has 0 aliphatic heterocycles. The number of hydrogen-bond acceptors (Lipinski definition) is 5. The van der Waals surface area contributed by atoms with E-state index in [1.165, 1.54) is 6.92 Å². The Labute approximate surface area is 156 Å². The van der Waals surface area contributed by atoms with Crippen molar-refractivity contribution in [3.8, 4) is 0 Å². The van der Waals surface area contributed by atoms with Crippen LogP contribution in [0.1, 0.15) is 12.5 Å². The van der Waals surface area contributed by atoms with Gasteiger partial charge in [0.2, 0.25) is 11.9 Å². The predicted octanol–water partition coefficient (Wildman–Crippen LogP) is 4.88. The third-order valence-electron chi connectivity index (χ3n) is 3.57. The second kappa shape index (κ2) is 7.84. The highest BCUT2D eigenvalue weighted by Gasteiger charge is 2.04. The Bertz CT molecular complexity index is 927. The second-order valence-electron chi connectivity index (χ2n) is 5.73. The molecule has 3 N–H and O–H groups in total. The van der Waals surface area contributed by atoms with Gasteiger partial charge in [0.15, 0.2) is 0 Å². The number of benzene rings is 2. The molecule has 1 amide bonds. The lowest BCUT2D eigenvalue weighted by atomic mass is 10.2. The molecular formula is C19H18ClN5O. The van der Waals surface area contributed by atoms with Crippen LogP contribution in [-0.2, 0) is 4.79 Å². The van der Waals surface area contributed by atoms with Crippen molar-refractivity contribution >= 4 is 46.3 Å². The summed E-state index contributed by atoms with van der Waals surface area (Å²) in [6.45, 7) is 3.45. The number of carbonyl (C=O) groups is 1. The van der Waals surface area contributed by atoms with Crippen LogP contribution in [0.2, 0.25) is 5.02 Å². The van der Waals surface area contributed by atoms with Crippen LogP contribution in [0.15, 0.2) is 54.7 Å². The molecule has 0 spiro atoms. The zero-order valence-electron chi connectivity index (χ0n) is 14.4. The number of amides is 1. The smallest absolute Gasteiger partial charge is 0.229 e. The topological polar surface area (TPSA) is 78.9 Å². The van der Waals surface area contributed by atoms with Gasteiger partial charge in [-0.3, -0.25) is 4.79 Å². The van der Waals surface area contributed by atoms with Crippen molar-refractivity contribution in [2.24, 2.45) is 0 Å². The van der Waals surface area contributed by atoms with Gasteiger partial charge in [-0.15, -0.1) is 0 Å². The maximum Gasteiger partial charge on any atom is 0.229 e. The van der Waals surface area contributed by atoms with Gasteiger partial charge in [0.05, 0.1) is 0 Å². The number of nitrogens with zero attached hydrogens (tertiary/aromatic N) is 2. The third kappa shape index (κ3) is 4.70. The van der Waals surface area contributed by atoms with Gasteiger partial charge in [0.1, 0.15) is 5.82 Å². The van der Waals surface area contributed by atoms with E-state index in [4.69, 9.17) is 11.6 Å². The Morgan fingerprint density at radius 1 is 1.00 bits per heavy atom. The molecule has 0 atom stereocenters. The summed E-state index contributed by atoms with van der Waals surface area (Å²) in [5, 5.41) is 9.82. The van der Waals surface area contributed by atoms with E-state index < -0.39 is 0 Å². The second-order valence-corrected chi connectivity index (χ2v) is 6.17. The Kier molecular flexibility index (Phi) is 5.34. The highest BCUT2D eigenvalue weighted by Crippen LogP contribution is 2.23. The SMILES string of the molecule is CC(=O)Nc1ccc(Nc2nccc(Nc3ccc(Cl)cc3C)n2)cc1. The average molecular weight is 368 g/mol. The molecule has 1 aromatic heterocycles.